The van der Waals surface area contributed by atoms with E-state index in [0.29, 0.717) is 5.56 Å². The summed E-state index contributed by atoms with van der Waals surface area (Å²) in [6.45, 7) is 4.52. The Morgan fingerprint density at radius 3 is 2.52 bits per heavy atom. The average Bonchev–Trinajstić information content (AvgIpc) is 2.50. The number of hydrogen-bond donors (Lipinski definition) is 2. The SMILES string of the molecule is CNCCc1ccccc1C(=O)NCC(C)(C)C(=O)OC. The molecule has 1 rings (SSSR count). The summed E-state index contributed by atoms with van der Waals surface area (Å²) in [5, 5.41) is 5.88. The summed E-state index contributed by atoms with van der Waals surface area (Å²) >= 11 is 0. The molecule has 21 heavy (non-hydrogen) atoms. The highest BCUT2D eigenvalue weighted by Gasteiger charge is 2.29. The lowest BCUT2D eigenvalue weighted by Crippen LogP contribution is -2.39. The summed E-state index contributed by atoms with van der Waals surface area (Å²) in [5.74, 6) is -0.509. The van der Waals surface area contributed by atoms with E-state index in [1.165, 1.54) is 7.11 Å². The van der Waals surface area contributed by atoms with Gasteiger partial charge in [-0.25, -0.2) is 0 Å². The number of rotatable bonds is 7. The topological polar surface area (TPSA) is 67.4 Å². The maximum Gasteiger partial charge on any atom is 0.313 e. The maximum absolute atomic E-state index is 12.3. The normalized spacial score (nSPS) is 11.0. The molecule has 0 saturated carbocycles. The molecule has 0 heterocycles. The van der Waals surface area contributed by atoms with Crippen molar-refractivity contribution >= 4 is 11.9 Å². The smallest absolute Gasteiger partial charge is 0.313 e. The Morgan fingerprint density at radius 1 is 1.24 bits per heavy atom. The Balaban J connectivity index is 2.74. The molecule has 0 aromatic heterocycles. The third-order valence-corrected chi connectivity index (χ3v) is 3.34. The van der Waals surface area contributed by atoms with Crippen molar-refractivity contribution in [3.8, 4) is 0 Å². The van der Waals surface area contributed by atoms with Gasteiger partial charge in [-0.1, -0.05) is 18.2 Å². The molecule has 2 N–H and O–H groups in total. The summed E-state index contributed by atoms with van der Waals surface area (Å²) < 4.78 is 4.73. The van der Waals surface area contributed by atoms with E-state index in [4.69, 9.17) is 4.74 Å². The largest absolute Gasteiger partial charge is 0.469 e. The van der Waals surface area contributed by atoms with Crippen LogP contribution in [-0.2, 0) is 16.0 Å². The maximum atomic E-state index is 12.3. The number of carbonyl (C=O) groups is 2. The minimum absolute atomic E-state index is 0.168. The fourth-order valence-electron chi connectivity index (χ4n) is 1.96. The Labute approximate surface area is 126 Å². The second kappa shape index (κ2) is 7.78. The summed E-state index contributed by atoms with van der Waals surface area (Å²) in [6.07, 6.45) is 0.778. The second-order valence-electron chi connectivity index (χ2n) is 5.57. The van der Waals surface area contributed by atoms with E-state index in [2.05, 4.69) is 10.6 Å². The van der Waals surface area contributed by atoms with Gasteiger partial charge >= 0.3 is 5.97 Å². The lowest BCUT2D eigenvalue weighted by molar-refractivity contribution is -0.150. The molecule has 0 aliphatic carbocycles. The predicted molar refractivity (Wildman–Crippen MR) is 82.2 cm³/mol. The summed E-state index contributed by atoms with van der Waals surface area (Å²) in [6, 6.07) is 7.49. The van der Waals surface area contributed by atoms with Crippen molar-refractivity contribution in [1.29, 1.82) is 0 Å². The minimum atomic E-state index is -0.746. The first-order valence-electron chi connectivity index (χ1n) is 7.01. The number of benzene rings is 1. The van der Waals surface area contributed by atoms with Gasteiger partial charge in [0.1, 0.15) is 0 Å². The van der Waals surface area contributed by atoms with Crippen molar-refractivity contribution in [3.63, 3.8) is 0 Å². The third-order valence-electron chi connectivity index (χ3n) is 3.34. The summed E-state index contributed by atoms with van der Waals surface area (Å²) in [7, 11) is 3.22. The lowest BCUT2D eigenvalue weighted by Gasteiger charge is -2.22. The van der Waals surface area contributed by atoms with Crippen LogP contribution in [0.4, 0.5) is 0 Å². The van der Waals surface area contributed by atoms with Gasteiger partial charge in [-0.05, 0) is 45.5 Å². The molecule has 1 aromatic rings. The summed E-state index contributed by atoms with van der Waals surface area (Å²) in [4.78, 5) is 23.9. The van der Waals surface area contributed by atoms with Crippen LogP contribution in [-0.4, -0.2) is 39.1 Å². The molecule has 1 amide bonds. The first-order chi connectivity index (χ1) is 9.92. The third kappa shape index (κ3) is 4.86. The van der Waals surface area contributed by atoms with Crippen LogP contribution in [0, 0.1) is 5.41 Å². The number of carbonyl (C=O) groups excluding carboxylic acids is 2. The van der Waals surface area contributed by atoms with Crippen molar-refractivity contribution < 1.29 is 14.3 Å². The van der Waals surface area contributed by atoms with Gasteiger partial charge in [0.25, 0.3) is 5.91 Å². The molecular formula is C16H24N2O3. The van der Waals surface area contributed by atoms with Crippen molar-refractivity contribution in [2.24, 2.45) is 5.41 Å². The summed E-state index contributed by atoms with van der Waals surface area (Å²) in [5.41, 5.74) is 0.887. The molecule has 0 aliphatic heterocycles. The molecule has 0 atom stereocenters. The van der Waals surface area contributed by atoms with Crippen LogP contribution in [0.5, 0.6) is 0 Å². The van der Waals surface area contributed by atoms with Crippen molar-refractivity contribution in [2.45, 2.75) is 20.3 Å². The van der Waals surface area contributed by atoms with Crippen LogP contribution in [0.1, 0.15) is 29.8 Å². The molecule has 0 unspecified atom stereocenters. The highest BCUT2D eigenvalue weighted by Crippen LogP contribution is 2.16. The predicted octanol–water partition coefficient (Wildman–Crippen LogP) is 1.38. The molecule has 116 valence electrons. The van der Waals surface area contributed by atoms with E-state index in [0.717, 1.165) is 18.5 Å². The average molecular weight is 292 g/mol. The molecule has 0 fully saturated rings. The van der Waals surface area contributed by atoms with Crippen molar-refractivity contribution in [3.05, 3.63) is 35.4 Å². The van der Waals surface area contributed by atoms with Gasteiger partial charge in [0.15, 0.2) is 0 Å². The Morgan fingerprint density at radius 2 is 1.90 bits per heavy atom. The Bertz CT molecular complexity index is 498. The van der Waals surface area contributed by atoms with Crippen LogP contribution in [0.3, 0.4) is 0 Å². The van der Waals surface area contributed by atoms with Crippen LogP contribution >= 0.6 is 0 Å². The minimum Gasteiger partial charge on any atom is -0.469 e. The van der Waals surface area contributed by atoms with Gasteiger partial charge in [-0.15, -0.1) is 0 Å². The van der Waals surface area contributed by atoms with E-state index in [1.54, 1.807) is 19.9 Å². The molecule has 5 heteroatoms. The monoisotopic (exact) mass is 292 g/mol. The number of esters is 1. The molecule has 0 bridgehead atoms. The van der Waals surface area contributed by atoms with Crippen LogP contribution in [0.15, 0.2) is 24.3 Å². The van der Waals surface area contributed by atoms with E-state index < -0.39 is 5.41 Å². The van der Waals surface area contributed by atoms with E-state index >= 15 is 0 Å². The molecule has 5 nitrogen and oxygen atoms in total. The van der Waals surface area contributed by atoms with Gasteiger partial charge in [-0.2, -0.15) is 0 Å². The zero-order valence-electron chi connectivity index (χ0n) is 13.2. The molecule has 0 aliphatic rings. The number of methoxy groups -OCH3 is 1. The fraction of sp³-hybridized carbons (Fsp3) is 0.500. The van der Waals surface area contributed by atoms with Crippen LogP contribution < -0.4 is 10.6 Å². The highest BCUT2D eigenvalue weighted by atomic mass is 16.5. The zero-order chi connectivity index (χ0) is 15.9. The standard InChI is InChI=1S/C16H24N2O3/c1-16(2,15(20)21-4)11-18-14(19)13-8-6-5-7-12(13)9-10-17-3/h5-8,17H,9-11H2,1-4H3,(H,18,19). The van der Waals surface area contributed by atoms with Gasteiger partial charge in [0, 0.05) is 12.1 Å². The Hall–Kier alpha value is -1.88. The molecule has 0 spiro atoms. The van der Waals surface area contributed by atoms with Gasteiger partial charge in [0.2, 0.25) is 0 Å². The van der Waals surface area contributed by atoms with Crippen molar-refractivity contribution in [2.75, 3.05) is 27.2 Å². The van der Waals surface area contributed by atoms with E-state index in [1.807, 2.05) is 25.2 Å². The molecular weight excluding hydrogens is 268 g/mol. The van der Waals surface area contributed by atoms with Gasteiger partial charge in [0.05, 0.1) is 12.5 Å². The Kier molecular flexibility index (Phi) is 6.37. The number of hydrogen-bond acceptors (Lipinski definition) is 4. The zero-order valence-corrected chi connectivity index (χ0v) is 13.2. The first-order valence-corrected chi connectivity index (χ1v) is 7.01. The number of likely N-dealkylation sites (N-methyl/N-ethyl adjacent to an activating group) is 1. The van der Waals surface area contributed by atoms with Gasteiger partial charge in [-0.3, -0.25) is 9.59 Å². The quantitative estimate of drug-likeness (QED) is 0.745. The second-order valence-corrected chi connectivity index (χ2v) is 5.57. The van der Waals surface area contributed by atoms with E-state index in [-0.39, 0.29) is 18.4 Å². The van der Waals surface area contributed by atoms with Crippen LogP contribution in [0.2, 0.25) is 0 Å². The number of amides is 1. The van der Waals surface area contributed by atoms with E-state index in [9.17, 15) is 9.59 Å². The molecule has 0 saturated heterocycles. The highest BCUT2D eigenvalue weighted by molar-refractivity contribution is 5.96. The molecule has 1 aromatic carbocycles. The molecule has 0 radical (unpaired) electrons. The van der Waals surface area contributed by atoms with Gasteiger partial charge < -0.3 is 15.4 Å². The lowest BCUT2D eigenvalue weighted by atomic mass is 9.93. The first kappa shape index (κ1) is 17.2. The number of nitrogens with one attached hydrogen (secondary N) is 2. The van der Waals surface area contributed by atoms with Crippen molar-refractivity contribution in [1.82, 2.24) is 10.6 Å². The van der Waals surface area contributed by atoms with Crippen LogP contribution in [0.25, 0.3) is 0 Å². The fourth-order valence-corrected chi connectivity index (χ4v) is 1.96. The number of ether oxygens (including phenoxy) is 1.